The lowest BCUT2D eigenvalue weighted by atomic mass is 10.0. The molecule has 1 N–H and O–H groups in total. The van der Waals surface area contributed by atoms with Gasteiger partial charge in [0.15, 0.2) is 0 Å². The van der Waals surface area contributed by atoms with Crippen molar-refractivity contribution in [3.63, 3.8) is 0 Å². The Kier molecular flexibility index (Phi) is 32.2. The van der Waals surface area contributed by atoms with Crippen LogP contribution in [-0.2, 0) is 56.8 Å². The van der Waals surface area contributed by atoms with E-state index >= 15 is 0 Å². The van der Waals surface area contributed by atoms with Crippen molar-refractivity contribution in [3.05, 3.63) is 173 Å². The summed E-state index contributed by atoms with van der Waals surface area (Å²) in [6.45, 7) is 28.1. The molecule has 0 spiro atoms. The van der Waals surface area contributed by atoms with Crippen molar-refractivity contribution in [1.82, 2.24) is 14.7 Å². The fraction of sp³-hybridized carbons (Fsp3) is 0.538. The lowest BCUT2D eigenvalue weighted by molar-refractivity contribution is -0.139. The maximum absolute atomic E-state index is 13.0. The molecule has 0 atom stereocenters. The summed E-state index contributed by atoms with van der Waals surface area (Å²) in [6.07, 6.45) is -18.4. The number of piperazine rings is 1. The van der Waals surface area contributed by atoms with Crippen LogP contribution in [0.4, 0.5) is 96.1 Å². The third kappa shape index (κ3) is 25.4. The van der Waals surface area contributed by atoms with Gasteiger partial charge in [-0.15, -0.1) is 0 Å². The van der Waals surface area contributed by atoms with Crippen molar-refractivity contribution >= 4 is 17.1 Å². The second kappa shape index (κ2) is 38.2. The second-order valence-electron chi connectivity index (χ2n) is 27.4. The highest BCUT2D eigenvalue weighted by Gasteiger charge is 2.40. The molecule has 10 rings (SSSR count). The number of ether oxygens (including phenoxy) is 3. The van der Waals surface area contributed by atoms with Crippen LogP contribution in [0.15, 0.2) is 72.8 Å². The number of methoxy groups -OCH3 is 3. The average molecular weight is 1530 g/mol. The minimum Gasteiger partial charge on any atom is -0.496 e. The van der Waals surface area contributed by atoms with E-state index in [2.05, 4.69) is 36.2 Å². The average Bonchev–Trinajstić information content (AvgIpc) is 0.862. The molecule has 0 radical (unpaired) electrons. The smallest absolute Gasteiger partial charge is 0.419 e. The van der Waals surface area contributed by atoms with Crippen LogP contribution in [0.25, 0.3) is 0 Å². The Labute approximate surface area is 611 Å². The fourth-order valence-electron chi connectivity index (χ4n) is 13.2. The predicted octanol–water partition coefficient (Wildman–Crippen LogP) is 20.9. The number of piperidine rings is 1. The van der Waals surface area contributed by atoms with Gasteiger partial charge >= 0.3 is 37.1 Å². The van der Waals surface area contributed by atoms with E-state index in [1.165, 1.54) is 70.0 Å². The zero-order valence-corrected chi connectivity index (χ0v) is 62.9. The Hall–Kier alpha value is -7.30. The van der Waals surface area contributed by atoms with Crippen LogP contribution in [-0.4, -0.2) is 127 Å². The van der Waals surface area contributed by atoms with E-state index in [4.69, 9.17) is 14.6 Å². The van der Waals surface area contributed by atoms with Gasteiger partial charge in [0.25, 0.3) is 0 Å². The quantitative estimate of drug-likeness (QED) is 0.120. The minimum absolute atomic E-state index is 0.0370. The van der Waals surface area contributed by atoms with Crippen LogP contribution in [0.5, 0.6) is 17.2 Å². The molecule has 0 unspecified atom stereocenters. The van der Waals surface area contributed by atoms with Crippen molar-refractivity contribution in [2.45, 2.75) is 171 Å². The molecular weight excluding hydrogens is 1430 g/mol. The van der Waals surface area contributed by atoms with Gasteiger partial charge in [-0.2, -0.15) is 79.0 Å². The summed E-state index contributed by atoms with van der Waals surface area (Å²) in [4.78, 5) is 12.5. The molecule has 0 amide bonds. The predicted molar refractivity (Wildman–Crippen MR) is 381 cm³/mol. The molecule has 4 heterocycles. The van der Waals surface area contributed by atoms with Gasteiger partial charge in [-0.3, -0.25) is 4.90 Å². The Bertz CT molecular complexity index is 3800. The number of alkyl halides is 18. The van der Waals surface area contributed by atoms with Gasteiger partial charge in [-0.25, -0.2) is 0 Å². The number of halogens is 18. The van der Waals surface area contributed by atoms with Crippen LogP contribution >= 0.6 is 0 Å². The third-order valence-electron chi connectivity index (χ3n) is 18.9. The van der Waals surface area contributed by atoms with E-state index in [1.54, 1.807) is 65.7 Å². The number of anilines is 3. The Morgan fingerprint density at radius 3 is 0.943 bits per heavy atom. The van der Waals surface area contributed by atoms with E-state index in [-0.39, 0.29) is 22.8 Å². The van der Waals surface area contributed by atoms with Crippen LogP contribution in [0.3, 0.4) is 0 Å². The first kappa shape index (κ1) is 89.3. The number of aryl methyl sites for hydroxylation is 6. The van der Waals surface area contributed by atoms with Crippen molar-refractivity contribution in [3.8, 4) is 17.2 Å². The molecular formula is C78H100F18N6O4. The molecule has 4 aliphatic rings. The highest BCUT2D eigenvalue weighted by molar-refractivity contribution is 5.61. The fourth-order valence-corrected chi connectivity index (χ4v) is 13.2. The third-order valence-corrected chi connectivity index (χ3v) is 18.9. The van der Waals surface area contributed by atoms with Gasteiger partial charge in [-0.1, -0.05) is 25.1 Å². The number of nitrogens with zero attached hydrogens (tertiary/aromatic N) is 6. The SMILES string of the molecule is CCN1CCN(c2cc(C(F)(F)F)cc(C)c2C)CC1.COc1c(CN(C)C)cc(C)cc1C(F)(F)F.COc1c(CN2CCCC2)cc(C)cc1C(F)(F)F.COc1c(CO)cc(C)cc1C(F)(F)F.Cc1cc(C(F)(F)F)cc(N2CCCC2)c1C.Cc1cc(C(F)(F)F)cc(N2CCCCC2)c1C. The standard InChI is InChI=1S/C15H21F3N2.C14H18F3NO.C14H18F3N.C13H16F3N.C12H16F3NO.C10H11F3O2/c1-4-19-5-7-20(8-6-19)14-10-13(15(16,17)18)9-11(2)12(14)3;1-10-7-11(9-18-5-3-4-6-18)13(19-2)12(8-10)14(15,16)17;1-10-8-12(14(15,16)17)9-13(11(10)2)18-6-4-3-5-7-18;1-9-7-11(13(14,15)16)8-12(10(9)2)17-5-3-4-6-17;1-8-5-9(7-16(2)3)11(17-4)10(6-8)12(13,14)15;1-6-3-7(5-14)9(15-2)8(4-6)10(11,12)13/h9-10H,4-8H2,1-3H3;7-8H,3-6,9H2,1-2H3;8-9H,3-7H2,1-2H3;7-8H,3-6H2,1-2H3;5-6H,7H2,1-4H3;3-4,14H,5H2,1-2H3. The zero-order chi connectivity index (χ0) is 79.8. The number of benzene rings is 6. The molecule has 28 heteroatoms. The Morgan fingerprint density at radius 2 is 0.642 bits per heavy atom. The zero-order valence-electron chi connectivity index (χ0n) is 62.9. The van der Waals surface area contributed by atoms with Gasteiger partial charge in [0.05, 0.1) is 61.3 Å². The number of aliphatic hydroxyl groups excluding tert-OH is 1. The number of likely N-dealkylation sites (N-methyl/N-ethyl adjacent to an activating group) is 1. The maximum Gasteiger partial charge on any atom is 0.419 e. The van der Waals surface area contributed by atoms with Gasteiger partial charge in [-0.05, 0) is 246 Å². The first-order chi connectivity index (χ1) is 49.2. The summed E-state index contributed by atoms with van der Waals surface area (Å²) in [5.74, 6) is -0.433. The topological polar surface area (TPSA) is 67.4 Å². The van der Waals surface area contributed by atoms with E-state index in [9.17, 15) is 79.0 Å². The van der Waals surface area contributed by atoms with Gasteiger partial charge in [0.1, 0.15) is 17.2 Å². The Morgan fingerprint density at radius 1 is 0.349 bits per heavy atom. The van der Waals surface area contributed by atoms with Crippen molar-refractivity contribution in [2.24, 2.45) is 0 Å². The second-order valence-corrected chi connectivity index (χ2v) is 27.4. The van der Waals surface area contributed by atoms with Crippen LogP contribution in [0.2, 0.25) is 0 Å². The molecule has 4 fully saturated rings. The molecule has 592 valence electrons. The highest BCUT2D eigenvalue weighted by Crippen LogP contribution is 2.44. The summed E-state index contributed by atoms with van der Waals surface area (Å²) < 4.78 is 245. The first-order valence-corrected chi connectivity index (χ1v) is 34.9. The van der Waals surface area contributed by atoms with Crippen LogP contribution < -0.4 is 28.9 Å². The van der Waals surface area contributed by atoms with Gasteiger partial charge in [0.2, 0.25) is 0 Å². The number of hydrogen-bond acceptors (Lipinski definition) is 10. The molecule has 6 aromatic rings. The lowest BCUT2D eigenvalue weighted by Crippen LogP contribution is -2.46. The Balaban J connectivity index is 0.000000229. The monoisotopic (exact) mass is 1530 g/mol. The van der Waals surface area contributed by atoms with Crippen molar-refractivity contribution in [2.75, 3.05) is 122 Å². The van der Waals surface area contributed by atoms with Crippen LogP contribution in [0, 0.1) is 62.3 Å². The number of rotatable bonds is 12. The lowest BCUT2D eigenvalue weighted by Gasteiger charge is -2.36. The van der Waals surface area contributed by atoms with Crippen molar-refractivity contribution in [1.29, 1.82) is 0 Å². The normalized spacial score (nSPS) is 15.5. The molecule has 4 aliphatic heterocycles. The van der Waals surface area contributed by atoms with Crippen LogP contribution in [0.1, 0.15) is 152 Å². The van der Waals surface area contributed by atoms with Crippen molar-refractivity contribution < 1.29 is 98.3 Å². The largest absolute Gasteiger partial charge is 0.496 e. The summed E-state index contributed by atoms with van der Waals surface area (Å²) in [5, 5.41) is 8.92. The highest BCUT2D eigenvalue weighted by atomic mass is 19.4. The molecule has 106 heavy (non-hydrogen) atoms. The summed E-state index contributed by atoms with van der Waals surface area (Å²) in [6, 6.07) is 15.8. The van der Waals surface area contributed by atoms with E-state index < -0.39 is 77.0 Å². The molecule has 0 bridgehead atoms. The number of hydrogen-bond donors (Lipinski definition) is 1. The molecule has 6 aromatic carbocycles. The van der Waals surface area contributed by atoms with E-state index in [1.807, 2.05) is 20.8 Å². The number of likely N-dealkylation sites (tertiary alicyclic amines) is 1. The minimum atomic E-state index is -4.47. The van der Waals surface area contributed by atoms with Gasteiger partial charge < -0.3 is 43.8 Å². The first-order valence-electron chi connectivity index (χ1n) is 34.9. The number of aliphatic hydroxyl groups is 1. The molecule has 4 saturated heterocycles. The summed E-state index contributed by atoms with van der Waals surface area (Å²) in [7, 11) is 7.32. The maximum atomic E-state index is 13.0. The molecule has 0 saturated carbocycles. The molecule has 0 aromatic heterocycles. The van der Waals surface area contributed by atoms with Gasteiger partial charge in [0, 0.05) is 99.2 Å². The molecule has 0 aliphatic carbocycles. The van der Waals surface area contributed by atoms with E-state index in [0.717, 1.165) is 170 Å². The summed E-state index contributed by atoms with van der Waals surface area (Å²) >= 11 is 0. The van der Waals surface area contributed by atoms with E-state index in [0.29, 0.717) is 57.6 Å². The summed E-state index contributed by atoms with van der Waals surface area (Å²) in [5.41, 5.74) is 6.30. The molecule has 10 nitrogen and oxygen atoms in total.